The van der Waals surface area contributed by atoms with E-state index in [0.29, 0.717) is 36.0 Å². The molecule has 9 nitrogen and oxygen atoms in total. The fourth-order valence-corrected chi connectivity index (χ4v) is 4.31. The number of amides is 1. The van der Waals surface area contributed by atoms with Gasteiger partial charge in [0.15, 0.2) is 18.1 Å². The highest BCUT2D eigenvalue weighted by Crippen LogP contribution is 2.47. The molecule has 0 radical (unpaired) electrons. The molecule has 0 spiro atoms. The number of nitrogens with two attached hydrogens (primary N) is 1. The summed E-state index contributed by atoms with van der Waals surface area (Å²) < 4.78 is 17.1. The lowest BCUT2D eigenvalue weighted by Gasteiger charge is -2.25. The molecular formula is C27H29N5O4. The molecule has 0 aliphatic carbocycles. The Hall–Kier alpha value is -4.45. The Morgan fingerprint density at radius 2 is 1.92 bits per heavy atom. The summed E-state index contributed by atoms with van der Waals surface area (Å²) >= 11 is 0. The van der Waals surface area contributed by atoms with E-state index in [0.717, 1.165) is 22.4 Å². The van der Waals surface area contributed by atoms with Crippen LogP contribution >= 0.6 is 0 Å². The zero-order valence-corrected chi connectivity index (χ0v) is 20.8. The standard InChI is InChI=1S/C27H29N5O4/c1-5-32(6-2)22(33)15-35-20-12-11-18(13-21(20)34-4)23-19(14-28)26(29)36-27-24(23)25(30-31-27)17-9-7-16(3)8-10-17/h7-13,23H,5-6,15,29H2,1-4H3,(H,30,31)/t23-/m1/s1. The van der Waals surface area contributed by atoms with Crippen LogP contribution in [0, 0.1) is 18.3 Å². The highest BCUT2D eigenvalue weighted by atomic mass is 16.5. The average Bonchev–Trinajstić information content (AvgIpc) is 3.30. The number of aromatic amines is 1. The monoisotopic (exact) mass is 487 g/mol. The highest BCUT2D eigenvalue weighted by molar-refractivity contribution is 5.78. The molecule has 0 bridgehead atoms. The lowest BCUT2D eigenvalue weighted by Crippen LogP contribution is -2.34. The van der Waals surface area contributed by atoms with E-state index in [-0.39, 0.29) is 24.0 Å². The Morgan fingerprint density at radius 1 is 1.19 bits per heavy atom. The summed E-state index contributed by atoms with van der Waals surface area (Å²) in [4.78, 5) is 14.1. The molecule has 3 aromatic rings. The van der Waals surface area contributed by atoms with Gasteiger partial charge in [0.1, 0.15) is 11.6 Å². The molecule has 4 rings (SSSR count). The number of likely N-dealkylation sites (N-methyl/N-ethyl adjacent to an activating group) is 1. The number of benzene rings is 2. The number of aryl methyl sites for hydroxylation is 1. The van der Waals surface area contributed by atoms with Gasteiger partial charge in [0.2, 0.25) is 11.8 Å². The number of aromatic nitrogens is 2. The van der Waals surface area contributed by atoms with Crippen LogP contribution in [0.1, 0.15) is 36.5 Å². The van der Waals surface area contributed by atoms with Crippen molar-refractivity contribution in [2.75, 3.05) is 26.8 Å². The summed E-state index contributed by atoms with van der Waals surface area (Å²) in [5.74, 6) is 0.523. The van der Waals surface area contributed by atoms with E-state index >= 15 is 0 Å². The predicted octanol–water partition coefficient (Wildman–Crippen LogP) is 3.86. The zero-order valence-electron chi connectivity index (χ0n) is 20.8. The van der Waals surface area contributed by atoms with E-state index < -0.39 is 5.92 Å². The number of hydrogen-bond acceptors (Lipinski definition) is 7. The molecule has 0 fully saturated rings. The third-order valence-corrected chi connectivity index (χ3v) is 6.27. The number of hydrogen-bond donors (Lipinski definition) is 2. The highest BCUT2D eigenvalue weighted by Gasteiger charge is 2.36. The van der Waals surface area contributed by atoms with Crippen LogP contribution in [0.2, 0.25) is 0 Å². The Kier molecular flexibility index (Phi) is 7.15. The fraction of sp³-hybridized carbons (Fsp3) is 0.296. The number of fused-ring (bicyclic) bond motifs is 1. The van der Waals surface area contributed by atoms with Crippen molar-refractivity contribution in [3.8, 4) is 34.7 Å². The number of nitriles is 1. The number of carbonyl (C=O) groups is 1. The van der Waals surface area contributed by atoms with Gasteiger partial charge in [-0.05, 0) is 38.5 Å². The van der Waals surface area contributed by atoms with E-state index in [1.54, 1.807) is 17.0 Å². The summed E-state index contributed by atoms with van der Waals surface area (Å²) in [6.45, 7) is 6.98. The molecule has 1 aliphatic rings. The minimum atomic E-state index is -0.547. The van der Waals surface area contributed by atoms with Crippen LogP contribution in [0.4, 0.5) is 0 Å². The van der Waals surface area contributed by atoms with Gasteiger partial charge in [-0.1, -0.05) is 35.9 Å². The first-order chi connectivity index (χ1) is 17.4. The molecule has 1 aromatic heterocycles. The van der Waals surface area contributed by atoms with Gasteiger partial charge in [-0.2, -0.15) is 5.26 Å². The third kappa shape index (κ3) is 4.58. The third-order valence-electron chi connectivity index (χ3n) is 6.27. The van der Waals surface area contributed by atoms with Gasteiger partial charge in [0, 0.05) is 18.7 Å². The number of nitrogens with zero attached hydrogens (tertiary/aromatic N) is 3. The van der Waals surface area contributed by atoms with Gasteiger partial charge in [-0.25, -0.2) is 0 Å². The SMILES string of the molecule is CCN(CC)C(=O)COc1ccc([C@@H]2C(C#N)=C(N)Oc3n[nH]c(-c4ccc(C)cc4)c32)cc1OC. The molecule has 1 aliphatic heterocycles. The summed E-state index contributed by atoms with van der Waals surface area (Å²) in [6, 6.07) is 15.5. The molecule has 2 aromatic carbocycles. The van der Waals surface area contributed by atoms with Crippen LogP contribution in [0.3, 0.4) is 0 Å². The number of carbonyl (C=O) groups excluding carboxylic acids is 1. The summed E-state index contributed by atoms with van der Waals surface area (Å²) in [5.41, 5.74) is 10.6. The Bertz CT molecular complexity index is 1330. The number of methoxy groups -OCH3 is 1. The molecule has 9 heteroatoms. The number of H-pyrrole nitrogens is 1. The van der Waals surface area contributed by atoms with Crippen molar-refractivity contribution < 1.29 is 19.0 Å². The fourth-order valence-electron chi connectivity index (χ4n) is 4.31. The van der Waals surface area contributed by atoms with Crippen LogP contribution in [0.5, 0.6) is 17.4 Å². The molecule has 1 amide bonds. The van der Waals surface area contributed by atoms with E-state index in [1.165, 1.54) is 7.11 Å². The van der Waals surface area contributed by atoms with Crippen molar-refractivity contribution in [3.63, 3.8) is 0 Å². The number of nitrogens with one attached hydrogen (secondary N) is 1. The van der Waals surface area contributed by atoms with Gasteiger partial charge in [-0.3, -0.25) is 9.89 Å². The van der Waals surface area contributed by atoms with Crippen molar-refractivity contribution in [2.45, 2.75) is 26.7 Å². The summed E-state index contributed by atoms with van der Waals surface area (Å²) in [6.07, 6.45) is 0. The second-order valence-corrected chi connectivity index (χ2v) is 8.37. The molecule has 2 heterocycles. The first-order valence-corrected chi connectivity index (χ1v) is 11.7. The Morgan fingerprint density at radius 3 is 2.56 bits per heavy atom. The molecule has 36 heavy (non-hydrogen) atoms. The minimum absolute atomic E-state index is 0.000990. The van der Waals surface area contributed by atoms with Gasteiger partial charge < -0.3 is 24.8 Å². The smallest absolute Gasteiger partial charge is 0.260 e. The number of ether oxygens (including phenoxy) is 3. The zero-order chi connectivity index (χ0) is 25.8. The molecular weight excluding hydrogens is 458 g/mol. The van der Waals surface area contributed by atoms with Crippen LogP contribution in [-0.2, 0) is 4.79 Å². The molecule has 0 saturated carbocycles. The Labute approximate surface area is 210 Å². The number of allylic oxidation sites excluding steroid dienone is 1. The van der Waals surface area contributed by atoms with E-state index in [2.05, 4.69) is 16.3 Å². The average molecular weight is 488 g/mol. The van der Waals surface area contributed by atoms with Gasteiger partial charge >= 0.3 is 0 Å². The lowest BCUT2D eigenvalue weighted by atomic mass is 9.83. The van der Waals surface area contributed by atoms with Crippen LogP contribution in [-0.4, -0.2) is 47.8 Å². The molecule has 0 saturated heterocycles. The van der Waals surface area contributed by atoms with Gasteiger partial charge in [-0.15, -0.1) is 5.10 Å². The van der Waals surface area contributed by atoms with Crippen LogP contribution in [0.25, 0.3) is 11.3 Å². The molecule has 3 N–H and O–H groups in total. The topological polar surface area (TPSA) is 126 Å². The molecule has 0 unspecified atom stereocenters. The van der Waals surface area contributed by atoms with Crippen molar-refractivity contribution in [1.29, 1.82) is 5.26 Å². The van der Waals surface area contributed by atoms with Crippen LogP contribution in [0.15, 0.2) is 53.9 Å². The first-order valence-electron chi connectivity index (χ1n) is 11.7. The van der Waals surface area contributed by atoms with Gasteiger partial charge in [0.25, 0.3) is 5.91 Å². The minimum Gasteiger partial charge on any atom is -0.493 e. The second kappa shape index (κ2) is 10.4. The Balaban J connectivity index is 1.74. The van der Waals surface area contributed by atoms with Crippen molar-refractivity contribution in [2.24, 2.45) is 5.73 Å². The van der Waals surface area contributed by atoms with Crippen LogP contribution < -0.4 is 19.9 Å². The maximum absolute atomic E-state index is 12.4. The van der Waals surface area contributed by atoms with E-state index in [1.807, 2.05) is 51.1 Å². The largest absolute Gasteiger partial charge is 0.493 e. The molecule has 186 valence electrons. The first kappa shape index (κ1) is 24.7. The van der Waals surface area contributed by atoms with Crippen molar-refractivity contribution in [3.05, 3.63) is 70.6 Å². The van der Waals surface area contributed by atoms with Gasteiger partial charge in [0.05, 0.1) is 24.3 Å². The summed E-state index contributed by atoms with van der Waals surface area (Å²) in [7, 11) is 1.53. The summed E-state index contributed by atoms with van der Waals surface area (Å²) in [5, 5.41) is 17.4. The lowest BCUT2D eigenvalue weighted by molar-refractivity contribution is -0.132. The normalized spacial score (nSPS) is 14.5. The molecule has 1 atom stereocenters. The quantitative estimate of drug-likeness (QED) is 0.494. The number of rotatable bonds is 8. The maximum Gasteiger partial charge on any atom is 0.260 e. The van der Waals surface area contributed by atoms with E-state index in [4.69, 9.17) is 19.9 Å². The second-order valence-electron chi connectivity index (χ2n) is 8.37. The van der Waals surface area contributed by atoms with Crippen molar-refractivity contribution in [1.82, 2.24) is 15.1 Å². The predicted molar refractivity (Wildman–Crippen MR) is 134 cm³/mol. The van der Waals surface area contributed by atoms with E-state index in [9.17, 15) is 10.1 Å². The maximum atomic E-state index is 12.4. The van der Waals surface area contributed by atoms with Crippen molar-refractivity contribution >= 4 is 5.91 Å².